The van der Waals surface area contributed by atoms with E-state index in [0.717, 1.165) is 16.7 Å². The van der Waals surface area contributed by atoms with Crippen LogP contribution < -0.4 is 0 Å². The van der Waals surface area contributed by atoms with Gasteiger partial charge in [-0.15, -0.1) is 6.58 Å². The second-order valence-corrected chi connectivity index (χ2v) is 6.01. The monoisotopic (exact) mass is 350 g/mol. The van der Waals surface area contributed by atoms with Crippen LogP contribution in [0.5, 0.6) is 5.75 Å². The number of phenols is 1. The summed E-state index contributed by atoms with van der Waals surface area (Å²) in [6.07, 6.45) is 3.91. The van der Waals surface area contributed by atoms with Crippen LogP contribution in [0.25, 0.3) is 11.4 Å². The fourth-order valence-corrected chi connectivity index (χ4v) is 2.70. The molecule has 0 saturated carbocycles. The lowest BCUT2D eigenvalue weighted by Crippen LogP contribution is -1.96. The molecule has 1 heterocycles. The van der Waals surface area contributed by atoms with Crippen molar-refractivity contribution in [1.82, 2.24) is 14.9 Å². The number of H-pyrrole nitrogens is 1. The Bertz CT molecular complexity index is 1000. The van der Waals surface area contributed by atoms with Gasteiger partial charge in [-0.1, -0.05) is 42.0 Å². The molecule has 2 N–H and O–H groups in total. The average Bonchev–Trinajstić information content (AvgIpc) is 2.97. The first-order valence-corrected chi connectivity index (χ1v) is 8.21. The van der Waals surface area contributed by atoms with Crippen molar-refractivity contribution in [3.63, 3.8) is 0 Å². The summed E-state index contributed by atoms with van der Waals surface area (Å²) in [6, 6.07) is 13.5. The number of allylic oxidation sites excluding steroid dienone is 1. The highest BCUT2D eigenvalue weighted by Gasteiger charge is 2.09. The molecule has 25 heavy (non-hydrogen) atoms. The van der Waals surface area contributed by atoms with Crippen molar-refractivity contribution < 1.29 is 5.11 Å². The summed E-state index contributed by atoms with van der Waals surface area (Å²) in [6.45, 7) is 5.72. The number of hydrogen-bond acceptors (Lipinski definition) is 4. The van der Waals surface area contributed by atoms with Crippen molar-refractivity contribution in [2.45, 2.75) is 13.3 Å². The molecule has 3 aromatic rings. The summed E-state index contributed by atoms with van der Waals surface area (Å²) >= 11 is 5.28. The quantitative estimate of drug-likeness (QED) is 0.411. The zero-order valence-corrected chi connectivity index (χ0v) is 14.6. The normalized spacial score (nSPS) is 11.1. The first-order valence-electron chi connectivity index (χ1n) is 7.80. The molecule has 0 radical (unpaired) electrons. The Hall–Kier alpha value is -2.99. The minimum absolute atomic E-state index is 0.193. The molecule has 0 bridgehead atoms. The molecule has 5 nitrogen and oxygen atoms in total. The third kappa shape index (κ3) is 3.59. The Morgan fingerprint density at radius 2 is 2.12 bits per heavy atom. The van der Waals surface area contributed by atoms with Gasteiger partial charge in [-0.05, 0) is 43.3 Å². The van der Waals surface area contributed by atoms with Gasteiger partial charge in [0.25, 0.3) is 0 Å². The van der Waals surface area contributed by atoms with Gasteiger partial charge in [0.05, 0.1) is 6.21 Å². The number of phenolic OH excluding ortho intramolecular Hbond substituents is 1. The molecule has 0 saturated heterocycles. The number of aromatic amines is 1. The molecule has 1 aromatic heterocycles. The molecule has 0 aliphatic rings. The van der Waals surface area contributed by atoms with Gasteiger partial charge in [-0.3, -0.25) is 0 Å². The van der Waals surface area contributed by atoms with Crippen LogP contribution in [0.4, 0.5) is 0 Å². The van der Waals surface area contributed by atoms with Gasteiger partial charge in [-0.2, -0.15) is 14.9 Å². The average molecular weight is 350 g/mol. The Labute approximate surface area is 151 Å². The Balaban J connectivity index is 2.01. The number of aromatic nitrogens is 3. The highest BCUT2D eigenvalue weighted by atomic mass is 32.1. The van der Waals surface area contributed by atoms with Crippen molar-refractivity contribution in [2.75, 3.05) is 0 Å². The van der Waals surface area contributed by atoms with Crippen LogP contribution in [0.15, 0.2) is 60.2 Å². The van der Waals surface area contributed by atoms with Crippen LogP contribution in [-0.2, 0) is 6.42 Å². The van der Waals surface area contributed by atoms with Crippen molar-refractivity contribution in [3.05, 3.63) is 76.6 Å². The molecule has 0 aliphatic carbocycles. The second-order valence-electron chi connectivity index (χ2n) is 5.63. The van der Waals surface area contributed by atoms with Crippen LogP contribution >= 0.6 is 12.2 Å². The van der Waals surface area contributed by atoms with E-state index >= 15 is 0 Å². The second kappa shape index (κ2) is 7.27. The molecule has 0 amide bonds. The molecular weight excluding hydrogens is 332 g/mol. The van der Waals surface area contributed by atoms with E-state index in [1.807, 2.05) is 43.3 Å². The zero-order chi connectivity index (χ0) is 17.8. The Morgan fingerprint density at radius 3 is 2.88 bits per heavy atom. The standard InChI is InChI=1S/C19H18N4OS/c1-3-6-14-8-5-10-16(17(14)24)12-20-23-18(21-22-19(23)25)15-9-4-7-13(2)11-15/h3-5,7-12,24H,1,6H2,2H3,(H,22,25)/b20-12-. The summed E-state index contributed by atoms with van der Waals surface area (Å²) in [5.74, 6) is 0.810. The first-order chi connectivity index (χ1) is 12.1. The van der Waals surface area contributed by atoms with E-state index < -0.39 is 0 Å². The highest BCUT2D eigenvalue weighted by molar-refractivity contribution is 7.71. The van der Waals surface area contributed by atoms with E-state index in [0.29, 0.717) is 22.6 Å². The minimum Gasteiger partial charge on any atom is -0.507 e. The van der Waals surface area contributed by atoms with Gasteiger partial charge < -0.3 is 5.11 Å². The van der Waals surface area contributed by atoms with Crippen molar-refractivity contribution in [2.24, 2.45) is 5.10 Å². The van der Waals surface area contributed by atoms with E-state index in [-0.39, 0.29) is 5.75 Å². The molecular formula is C19H18N4OS. The van der Waals surface area contributed by atoms with Gasteiger partial charge in [0.1, 0.15) is 5.75 Å². The van der Waals surface area contributed by atoms with Crippen molar-refractivity contribution in [3.8, 4) is 17.1 Å². The van der Waals surface area contributed by atoms with E-state index in [9.17, 15) is 5.11 Å². The summed E-state index contributed by atoms with van der Waals surface area (Å²) in [7, 11) is 0. The van der Waals surface area contributed by atoms with Gasteiger partial charge >= 0.3 is 0 Å². The lowest BCUT2D eigenvalue weighted by atomic mass is 10.1. The topological polar surface area (TPSA) is 66.2 Å². The number of aromatic hydroxyl groups is 1. The minimum atomic E-state index is 0.193. The number of hydrogen-bond donors (Lipinski definition) is 2. The molecule has 0 spiro atoms. The number of rotatable bonds is 5. The van der Waals surface area contributed by atoms with E-state index in [4.69, 9.17) is 12.2 Å². The molecule has 0 aliphatic heterocycles. The number of para-hydroxylation sites is 1. The van der Waals surface area contributed by atoms with Crippen molar-refractivity contribution >= 4 is 18.4 Å². The van der Waals surface area contributed by atoms with Crippen LogP contribution in [-0.4, -0.2) is 26.2 Å². The van der Waals surface area contributed by atoms with Crippen LogP contribution in [0, 0.1) is 11.7 Å². The SMILES string of the molecule is C=CCc1cccc(/C=N\n2c(-c3cccc(C)c3)n[nH]c2=S)c1O. The Kier molecular flexibility index (Phi) is 4.90. The fraction of sp³-hybridized carbons (Fsp3) is 0.105. The summed E-state index contributed by atoms with van der Waals surface area (Å²) in [5, 5.41) is 21.8. The number of nitrogens with one attached hydrogen (secondary N) is 1. The molecule has 0 fully saturated rings. The predicted octanol–water partition coefficient (Wildman–Crippen LogP) is 4.23. The number of nitrogens with zero attached hydrogens (tertiary/aromatic N) is 3. The van der Waals surface area contributed by atoms with Gasteiger partial charge in [-0.25, -0.2) is 5.10 Å². The lowest BCUT2D eigenvalue weighted by Gasteiger charge is -2.05. The highest BCUT2D eigenvalue weighted by Crippen LogP contribution is 2.22. The van der Waals surface area contributed by atoms with Gasteiger partial charge in [0.2, 0.25) is 4.77 Å². The van der Waals surface area contributed by atoms with Gasteiger partial charge in [0, 0.05) is 11.1 Å². The summed E-state index contributed by atoms with van der Waals surface area (Å²) < 4.78 is 1.93. The molecule has 3 rings (SSSR count). The maximum atomic E-state index is 10.3. The largest absolute Gasteiger partial charge is 0.507 e. The van der Waals surface area contributed by atoms with Crippen LogP contribution in [0.2, 0.25) is 0 Å². The molecule has 2 aromatic carbocycles. The lowest BCUT2D eigenvalue weighted by molar-refractivity contribution is 0.469. The third-order valence-electron chi connectivity index (χ3n) is 3.75. The molecule has 0 atom stereocenters. The predicted molar refractivity (Wildman–Crippen MR) is 103 cm³/mol. The first kappa shape index (κ1) is 16.9. The maximum Gasteiger partial charge on any atom is 0.216 e. The maximum absolute atomic E-state index is 10.3. The smallest absolute Gasteiger partial charge is 0.216 e. The number of aryl methyl sites for hydroxylation is 1. The van der Waals surface area contributed by atoms with Gasteiger partial charge in [0.15, 0.2) is 5.82 Å². The number of benzene rings is 2. The van der Waals surface area contributed by atoms with E-state index in [1.165, 1.54) is 0 Å². The van der Waals surface area contributed by atoms with Crippen molar-refractivity contribution in [1.29, 1.82) is 0 Å². The molecule has 6 heteroatoms. The Morgan fingerprint density at radius 1 is 1.32 bits per heavy atom. The fourth-order valence-electron chi connectivity index (χ4n) is 2.53. The zero-order valence-electron chi connectivity index (χ0n) is 13.8. The van der Waals surface area contributed by atoms with E-state index in [2.05, 4.69) is 21.9 Å². The van der Waals surface area contributed by atoms with E-state index in [1.54, 1.807) is 23.0 Å². The molecule has 0 unspecified atom stereocenters. The summed E-state index contributed by atoms with van der Waals surface area (Å²) in [5.41, 5.74) is 3.44. The molecule has 126 valence electrons. The van der Waals surface area contributed by atoms with Crippen LogP contribution in [0.3, 0.4) is 0 Å². The third-order valence-corrected chi connectivity index (χ3v) is 4.02. The summed E-state index contributed by atoms with van der Waals surface area (Å²) in [4.78, 5) is 0. The van der Waals surface area contributed by atoms with Crippen LogP contribution in [0.1, 0.15) is 16.7 Å².